The quantitative estimate of drug-likeness (QED) is 0.659. The number of allylic oxidation sites excluding steroid dienone is 1. The average Bonchev–Trinajstić information content (AvgIpc) is 2.40. The first-order chi connectivity index (χ1) is 8.31. The fraction of sp³-hybridized carbons (Fsp3) is 0.467. The Morgan fingerprint density at radius 3 is 2.21 bits per heavy atom. The van der Waals surface area contributed by atoms with Crippen molar-refractivity contribution in [2.45, 2.75) is 20.8 Å². The van der Waals surface area contributed by atoms with Crippen LogP contribution in [0.1, 0.15) is 26.3 Å². The number of hydrogen-bond acceptors (Lipinski definition) is 1. The number of rotatable bonds is 7. The molecule has 4 heteroatoms. The maximum absolute atomic E-state index is 4.67. The predicted molar refractivity (Wildman–Crippen MR) is 81.9 cm³/mol. The summed E-state index contributed by atoms with van der Waals surface area (Å²) in [5, 5.41) is 4.67. The molecule has 0 saturated heterocycles. The third kappa shape index (κ3) is 7.97. The summed E-state index contributed by atoms with van der Waals surface area (Å²) in [5.41, 5.74) is 2.30. The van der Waals surface area contributed by atoms with Gasteiger partial charge in [-0.15, -0.1) is 18.3 Å². The number of nitrogens with zero attached hydrogens (tertiary/aromatic N) is 2. The molecule has 1 aromatic carbocycles. The van der Waals surface area contributed by atoms with Gasteiger partial charge >= 0.3 is 23.1 Å². The molecular weight excluding hydrogens is 312 g/mol. The molecule has 0 bridgehead atoms. The van der Waals surface area contributed by atoms with Gasteiger partial charge in [-0.25, -0.2) is 0 Å². The molecule has 0 aliphatic rings. The molecular formula is C15H23BrMgN2. The van der Waals surface area contributed by atoms with E-state index in [0.29, 0.717) is 0 Å². The van der Waals surface area contributed by atoms with Crippen LogP contribution in [0.4, 0.5) is 0 Å². The minimum atomic E-state index is 0. The first kappa shape index (κ1) is 21.3. The van der Waals surface area contributed by atoms with Crippen LogP contribution in [0.15, 0.2) is 36.4 Å². The molecule has 0 saturated carbocycles. The van der Waals surface area contributed by atoms with Crippen molar-refractivity contribution < 1.29 is 17.0 Å². The SMILES string of the molecule is C/C=C(/[N-]CCN(CC)CC)c1ccccc1.[Br-].[Mg+2]. The van der Waals surface area contributed by atoms with E-state index in [-0.39, 0.29) is 40.0 Å². The van der Waals surface area contributed by atoms with Crippen molar-refractivity contribution in [2.24, 2.45) is 0 Å². The van der Waals surface area contributed by atoms with Gasteiger partial charge in [0.2, 0.25) is 0 Å². The van der Waals surface area contributed by atoms with Crippen molar-refractivity contribution in [2.75, 3.05) is 26.2 Å². The standard InChI is InChI=1S/C15H23N2.BrH.Mg/c1-4-15(14-10-8-7-9-11-14)16-12-13-17(5-2)6-3;;/h4,7-11H,5-6,12-13H2,1-3H3;1H;/q-1;;+2/p-1/b15-4+;;. The molecule has 0 atom stereocenters. The molecule has 0 N–H and O–H groups in total. The van der Waals surface area contributed by atoms with Crippen LogP contribution in [0.5, 0.6) is 0 Å². The van der Waals surface area contributed by atoms with E-state index in [1.54, 1.807) is 0 Å². The van der Waals surface area contributed by atoms with Crippen LogP contribution in [-0.4, -0.2) is 54.1 Å². The molecule has 0 aliphatic heterocycles. The minimum Gasteiger partial charge on any atom is -1.00 e. The largest absolute Gasteiger partial charge is 2.00 e. The maximum Gasteiger partial charge on any atom is 2.00 e. The van der Waals surface area contributed by atoms with Crippen molar-refractivity contribution in [1.82, 2.24) is 4.90 Å². The second-order valence-electron chi connectivity index (χ2n) is 3.95. The first-order valence-electron chi connectivity index (χ1n) is 6.43. The Bertz CT molecular complexity index is 337. The van der Waals surface area contributed by atoms with Crippen molar-refractivity contribution in [3.63, 3.8) is 0 Å². The molecule has 1 aromatic rings. The van der Waals surface area contributed by atoms with Gasteiger partial charge in [-0.3, -0.25) is 0 Å². The fourth-order valence-corrected chi connectivity index (χ4v) is 1.81. The summed E-state index contributed by atoms with van der Waals surface area (Å²) in [6, 6.07) is 10.4. The minimum absolute atomic E-state index is 0. The molecule has 0 amide bonds. The van der Waals surface area contributed by atoms with Gasteiger partial charge in [0.15, 0.2) is 0 Å². The molecule has 1 rings (SSSR count). The zero-order valence-corrected chi connectivity index (χ0v) is 15.3. The number of halogens is 1. The van der Waals surface area contributed by atoms with Crippen LogP contribution in [-0.2, 0) is 0 Å². The molecule has 102 valence electrons. The molecule has 0 heterocycles. The fourth-order valence-electron chi connectivity index (χ4n) is 1.81. The summed E-state index contributed by atoms with van der Waals surface area (Å²) >= 11 is 0. The molecule has 0 aliphatic carbocycles. The van der Waals surface area contributed by atoms with E-state index < -0.39 is 0 Å². The van der Waals surface area contributed by atoms with Crippen LogP contribution in [0.3, 0.4) is 0 Å². The summed E-state index contributed by atoms with van der Waals surface area (Å²) in [7, 11) is 0. The predicted octanol–water partition coefficient (Wildman–Crippen LogP) is 0.386. The van der Waals surface area contributed by atoms with Crippen molar-refractivity contribution in [1.29, 1.82) is 0 Å². The Hall–Kier alpha value is -0.0338. The Balaban J connectivity index is 0. The van der Waals surface area contributed by atoms with Gasteiger partial charge in [-0.2, -0.15) is 0 Å². The second-order valence-corrected chi connectivity index (χ2v) is 3.95. The number of benzene rings is 1. The molecule has 19 heavy (non-hydrogen) atoms. The van der Waals surface area contributed by atoms with E-state index in [4.69, 9.17) is 0 Å². The smallest absolute Gasteiger partial charge is 1.00 e. The Morgan fingerprint density at radius 2 is 1.74 bits per heavy atom. The van der Waals surface area contributed by atoms with Gasteiger partial charge in [-0.05, 0) is 32.1 Å². The third-order valence-corrected chi connectivity index (χ3v) is 2.94. The maximum atomic E-state index is 4.67. The summed E-state index contributed by atoms with van der Waals surface area (Å²) in [6.07, 6.45) is 2.08. The Labute approximate surface area is 144 Å². The van der Waals surface area contributed by atoms with Crippen LogP contribution in [0.25, 0.3) is 11.0 Å². The number of hydrogen-bond donors (Lipinski definition) is 0. The monoisotopic (exact) mass is 334 g/mol. The molecule has 0 fully saturated rings. The zero-order chi connectivity index (χ0) is 12.5. The Kier molecular flexibility index (Phi) is 14.5. The molecule has 0 aromatic heterocycles. The number of likely N-dealkylation sites (N-methyl/N-ethyl adjacent to an activating group) is 1. The van der Waals surface area contributed by atoms with E-state index in [0.717, 1.165) is 31.9 Å². The molecule has 0 spiro atoms. The van der Waals surface area contributed by atoms with E-state index in [2.05, 4.69) is 54.4 Å². The van der Waals surface area contributed by atoms with Crippen molar-refractivity contribution in [3.8, 4) is 0 Å². The first-order valence-corrected chi connectivity index (χ1v) is 6.43. The second kappa shape index (κ2) is 13.0. The van der Waals surface area contributed by atoms with E-state index in [1.165, 1.54) is 5.56 Å². The molecule has 0 unspecified atom stereocenters. The normalized spacial score (nSPS) is 10.6. The van der Waals surface area contributed by atoms with E-state index >= 15 is 0 Å². The Morgan fingerprint density at radius 1 is 1.16 bits per heavy atom. The van der Waals surface area contributed by atoms with Crippen LogP contribution < -0.4 is 17.0 Å². The zero-order valence-electron chi connectivity index (χ0n) is 12.3. The summed E-state index contributed by atoms with van der Waals surface area (Å²) in [6.45, 7) is 10.5. The van der Waals surface area contributed by atoms with Gasteiger partial charge in [0.1, 0.15) is 0 Å². The van der Waals surface area contributed by atoms with Crippen LogP contribution in [0, 0.1) is 0 Å². The molecule has 0 radical (unpaired) electrons. The van der Waals surface area contributed by atoms with Gasteiger partial charge in [-0.1, -0.05) is 44.2 Å². The van der Waals surface area contributed by atoms with E-state index in [1.807, 2.05) is 13.0 Å². The molecule has 2 nitrogen and oxygen atoms in total. The van der Waals surface area contributed by atoms with Gasteiger partial charge in [0.25, 0.3) is 0 Å². The van der Waals surface area contributed by atoms with Crippen molar-refractivity contribution >= 4 is 28.7 Å². The van der Waals surface area contributed by atoms with E-state index in [9.17, 15) is 0 Å². The summed E-state index contributed by atoms with van der Waals surface area (Å²) in [4.78, 5) is 2.39. The third-order valence-electron chi connectivity index (χ3n) is 2.94. The van der Waals surface area contributed by atoms with Gasteiger partial charge in [0.05, 0.1) is 0 Å². The average molecular weight is 336 g/mol. The van der Waals surface area contributed by atoms with Gasteiger partial charge < -0.3 is 27.2 Å². The van der Waals surface area contributed by atoms with Crippen LogP contribution in [0.2, 0.25) is 0 Å². The topological polar surface area (TPSA) is 17.3 Å². The summed E-state index contributed by atoms with van der Waals surface area (Å²) < 4.78 is 0. The van der Waals surface area contributed by atoms with Crippen LogP contribution >= 0.6 is 0 Å². The van der Waals surface area contributed by atoms with Crippen molar-refractivity contribution in [3.05, 3.63) is 47.3 Å². The van der Waals surface area contributed by atoms with Gasteiger partial charge in [0, 0.05) is 0 Å². The summed E-state index contributed by atoms with van der Waals surface area (Å²) in [5.74, 6) is 0.